The van der Waals surface area contributed by atoms with Crippen LogP contribution < -0.4 is 5.73 Å². The van der Waals surface area contributed by atoms with Crippen LogP contribution in [0.3, 0.4) is 0 Å². The third-order valence-corrected chi connectivity index (χ3v) is 9.34. The smallest absolute Gasteiger partial charge is 0.330 e. The highest BCUT2D eigenvalue weighted by Crippen LogP contribution is 2.52. The Morgan fingerprint density at radius 1 is 1.26 bits per heavy atom. The molecule has 0 aliphatic carbocycles. The Labute approximate surface area is 273 Å². The van der Waals surface area contributed by atoms with E-state index < -0.39 is 47.5 Å². The molecule has 0 bridgehead atoms. The lowest BCUT2D eigenvalue weighted by Crippen LogP contribution is -2.42. The van der Waals surface area contributed by atoms with E-state index in [2.05, 4.69) is 4.98 Å². The number of aryl methyl sites for hydroxylation is 1. The molecule has 1 aromatic rings. The molecule has 2 unspecified atom stereocenters. The van der Waals surface area contributed by atoms with Crippen LogP contribution in [0, 0.1) is 24.7 Å². The van der Waals surface area contributed by atoms with Crippen LogP contribution in [0.25, 0.3) is 6.08 Å². The molecule has 10 nitrogen and oxygen atoms in total. The van der Waals surface area contributed by atoms with Crippen LogP contribution in [0.15, 0.2) is 64.4 Å². The molecule has 2 aliphatic heterocycles. The molecule has 1 amide bonds. The number of aliphatic hydroxyl groups excluding tert-OH is 2. The number of rotatable bonds is 9. The van der Waals surface area contributed by atoms with E-state index in [1.165, 1.54) is 6.08 Å². The lowest BCUT2D eigenvalue weighted by molar-refractivity contribution is -0.150. The highest BCUT2D eigenvalue weighted by atomic mass is 16.6. The summed E-state index contributed by atoms with van der Waals surface area (Å²) in [7, 11) is 1.61. The van der Waals surface area contributed by atoms with Crippen molar-refractivity contribution in [2.24, 2.45) is 23.5 Å². The molecule has 9 atom stereocenters. The molecule has 3 heterocycles. The van der Waals surface area contributed by atoms with Crippen molar-refractivity contribution in [3.63, 3.8) is 0 Å². The maximum absolute atomic E-state index is 13.1. The van der Waals surface area contributed by atoms with Crippen molar-refractivity contribution in [1.29, 1.82) is 0 Å². The highest BCUT2D eigenvalue weighted by molar-refractivity contribution is 5.82. The van der Waals surface area contributed by atoms with Gasteiger partial charge in [0.25, 0.3) is 0 Å². The molecule has 0 radical (unpaired) electrons. The molecule has 10 heteroatoms. The van der Waals surface area contributed by atoms with Crippen LogP contribution in [-0.4, -0.2) is 69.8 Å². The maximum atomic E-state index is 13.1. The fraction of sp³-hybridized carbons (Fsp3) is 0.583. The summed E-state index contributed by atoms with van der Waals surface area (Å²) in [5, 5.41) is 22.3. The molecular weight excluding hydrogens is 588 g/mol. The Kier molecular flexibility index (Phi) is 12.9. The fourth-order valence-corrected chi connectivity index (χ4v) is 6.13. The number of hydrogen-bond acceptors (Lipinski definition) is 9. The fourth-order valence-electron chi connectivity index (χ4n) is 6.13. The van der Waals surface area contributed by atoms with Gasteiger partial charge in [-0.05, 0) is 63.7 Å². The molecule has 46 heavy (non-hydrogen) atoms. The molecule has 4 N–H and O–H groups in total. The first-order chi connectivity index (χ1) is 21.6. The zero-order valence-corrected chi connectivity index (χ0v) is 28.4. The summed E-state index contributed by atoms with van der Waals surface area (Å²) in [6.45, 7) is 13.2. The van der Waals surface area contributed by atoms with Crippen LogP contribution >= 0.6 is 0 Å². The average molecular weight is 641 g/mol. The van der Waals surface area contributed by atoms with Crippen LogP contribution in [0.4, 0.5) is 0 Å². The number of hydrogen-bond donors (Lipinski definition) is 3. The predicted molar refractivity (Wildman–Crippen MR) is 176 cm³/mol. The van der Waals surface area contributed by atoms with Crippen molar-refractivity contribution >= 4 is 18.0 Å². The van der Waals surface area contributed by atoms with E-state index >= 15 is 0 Å². The van der Waals surface area contributed by atoms with Crippen molar-refractivity contribution < 1.29 is 38.4 Å². The molecule has 0 spiro atoms. The van der Waals surface area contributed by atoms with Crippen LogP contribution in [0.2, 0.25) is 0 Å². The number of aliphatic hydroxyl groups is 2. The molecule has 3 rings (SSSR count). The van der Waals surface area contributed by atoms with E-state index in [1.54, 1.807) is 26.4 Å². The number of carbonyl (C=O) groups is 2. The van der Waals surface area contributed by atoms with Crippen LogP contribution in [0.5, 0.6) is 0 Å². The SMILES string of the molecule is CO[C@H](/C(C)=C/C=C/C(C)=C/c1coc(C)n1)C(C)[C@H]1C[C@@H](O)C2(C)O[C@]2(C)/C=C/[C@H](C)[C@@H](O)C[C@@H](CC(N)=O)C/C=C/C(=O)O1. The van der Waals surface area contributed by atoms with Crippen molar-refractivity contribution in [2.45, 2.75) is 110 Å². The Balaban J connectivity index is 1.86. The number of nitrogens with zero attached hydrogens (tertiary/aromatic N) is 1. The van der Waals surface area contributed by atoms with Gasteiger partial charge < -0.3 is 34.6 Å². The summed E-state index contributed by atoms with van der Waals surface area (Å²) in [6.07, 6.45) is 14.2. The zero-order valence-electron chi connectivity index (χ0n) is 28.4. The Bertz CT molecular complexity index is 1360. The lowest BCUT2D eigenvalue weighted by atomic mass is 9.82. The monoisotopic (exact) mass is 640 g/mol. The summed E-state index contributed by atoms with van der Waals surface area (Å²) in [4.78, 5) is 29.1. The number of nitrogens with two attached hydrogens (primary N) is 1. The van der Waals surface area contributed by atoms with Gasteiger partial charge >= 0.3 is 5.97 Å². The minimum absolute atomic E-state index is 0.0857. The van der Waals surface area contributed by atoms with E-state index in [-0.39, 0.29) is 30.6 Å². The van der Waals surface area contributed by atoms with E-state index in [9.17, 15) is 19.8 Å². The van der Waals surface area contributed by atoms with Crippen LogP contribution in [-0.2, 0) is 23.8 Å². The Morgan fingerprint density at radius 3 is 2.61 bits per heavy atom. The van der Waals surface area contributed by atoms with Gasteiger partial charge in [0.2, 0.25) is 5.91 Å². The quantitative estimate of drug-likeness (QED) is 0.144. The number of carbonyl (C=O) groups excluding carboxylic acids is 2. The number of oxazole rings is 1. The lowest BCUT2D eigenvalue weighted by Gasteiger charge is -2.32. The van der Waals surface area contributed by atoms with Gasteiger partial charge in [-0.1, -0.05) is 50.3 Å². The maximum Gasteiger partial charge on any atom is 0.330 e. The molecule has 1 saturated heterocycles. The van der Waals surface area contributed by atoms with Gasteiger partial charge in [-0.3, -0.25) is 4.79 Å². The average Bonchev–Trinajstić information content (AvgIpc) is 3.30. The second kappa shape index (κ2) is 16.0. The normalized spacial score (nSPS) is 34.4. The van der Waals surface area contributed by atoms with Gasteiger partial charge in [0, 0.05) is 44.8 Å². The van der Waals surface area contributed by atoms with Gasteiger partial charge in [0.15, 0.2) is 5.89 Å². The first kappa shape index (κ1) is 37.2. The molecule has 1 aromatic heterocycles. The van der Waals surface area contributed by atoms with Gasteiger partial charge in [-0.2, -0.15) is 0 Å². The second-order valence-electron chi connectivity index (χ2n) is 13.2. The summed E-state index contributed by atoms with van der Waals surface area (Å²) >= 11 is 0. The van der Waals surface area contributed by atoms with Crippen molar-refractivity contribution in [2.75, 3.05) is 7.11 Å². The summed E-state index contributed by atoms with van der Waals surface area (Å²) in [5.41, 5.74) is 6.40. The molecule has 2 aliphatic rings. The van der Waals surface area contributed by atoms with E-state index in [1.807, 2.05) is 78.0 Å². The topological polar surface area (TPSA) is 158 Å². The third-order valence-electron chi connectivity index (χ3n) is 9.34. The first-order valence-electron chi connectivity index (χ1n) is 16.0. The summed E-state index contributed by atoms with van der Waals surface area (Å²) in [6, 6.07) is 0. The molecule has 1 fully saturated rings. The van der Waals surface area contributed by atoms with Crippen molar-refractivity contribution in [3.05, 3.63) is 71.5 Å². The standard InChI is InChI=1S/C36H52N2O8/c1-22(17-28-21-44-26(5)38-28)11-9-12-24(3)34(43-8)25(4)30-20-31(40)36(7)35(6,46-36)16-15-23(2)29(39)18-27(19-32(37)41)13-10-14-33(42)45-30/h9-12,14-17,21,23,25,27,29-31,34,39-40H,13,18-20H2,1-8H3,(H2,37,41)/b11-9+,14-10+,16-15+,22-17+,24-12+/t23-,25?,27-,29-,30+,31+,34+,35+,36?/m0/s1. The molecule has 0 saturated carbocycles. The minimum Gasteiger partial charge on any atom is -0.459 e. The number of epoxide rings is 1. The molecule has 254 valence electrons. The second-order valence-corrected chi connectivity index (χ2v) is 13.2. The number of cyclic esters (lactones) is 1. The summed E-state index contributed by atoms with van der Waals surface area (Å²) in [5.74, 6) is -1.25. The predicted octanol–water partition coefficient (Wildman–Crippen LogP) is 5.15. The summed E-state index contributed by atoms with van der Waals surface area (Å²) < 4.78 is 23.2. The van der Waals surface area contributed by atoms with E-state index in [0.717, 1.165) is 16.8 Å². The van der Waals surface area contributed by atoms with Gasteiger partial charge in [0.1, 0.15) is 29.3 Å². The van der Waals surface area contributed by atoms with Crippen molar-refractivity contribution in [3.8, 4) is 0 Å². The number of esters is 1. The van der Waals surface area contributed by atoms with Crippen LogP contribution in [0.1, 0.15) is 78.8 Å². The van der Waals surface area contributed by atoms with Crippen molar-refractivity contribution in [1.82, 2.24) is 4.98 Å². The third kappa shape index (κ3) is 9.84. The van der Waals surface area contributed by atoms with Gasteiger partial charge in [-0.25, -0.2) is 9.78 Å². The number of fused-ring (bicyclic) bond motifs is 1. The Morgan fingerprint density at radius 2 is 1.98 bits per heavy atom. The molecule has 0 aromatic carbocycles. The van der Waals surface area contributed by atoms with Gasteiger partial charge in [-0.15, -0.1) is 0 Å². The number of ether oxygens (including phenoxy) is 3. The number of primary amides is 1. The van der Waals surface area contributed by atoms with E-state index in [4.69, 9.17) is 24.4 Å². The number of amides is 1. The number of aromatic nitrogens is 1. The number of allylic oxidation sites excluding steroid dienone is 5. The van der Waals surface area contributed by atoms with Gasteiger partial charge in [0.05, 0.1) is 18.3 Å². The molecular formula is C36H52N2O8. The largest absolute Gasteiger partial charge is 0.459 e. The Hall–Kier alpha value is -3.31. The van der Waals surface area contributed by atoms with E-state index in [0.29, 0.717) is 18.7 Å². The minimum atomic E-state index is -0.964. The highest BCUT2D eigenvalue weighted by Gasteiger charge is 2.66. The number of methoxy groups -OCH3 is 1. The first-order valence-corrected chi connectivity index (χ1v) is 16.0. The zero-order chi connectivity index (χ0) is 34.2.